The van der Waals surface area contributed by atoms with Gasteiger partial charge in [0, 0.05) is 0 Å². The first-order chi connectivity index (χ1) is 4.86. The van der Waals surface area contributed by atoms with Crippen molar-refractivity contribution in [3.8, 4) is 0 Å². The predicted molar refractivity (Wildman–Crippen MR) is 34.4 cm³/mol. The zero-order chi connectivity index (χ0) is 6.97. The normalized spacial score (nSPS) is 10.4. The molecule has 0 aromatic carbocycles. The molecule has 0 spiro atoms. The number of fused-ring (bicyclic) bond motifs is 1. The average molecular weight is 134 g/mol. The highest BCUT2D eigenvalue weighted by Crippen LogP contribution is 2.05. The van der Waals surface area contributed by atoms with Gasteiger partial charge in [-0.2, -0.15) is 5.10 Å². The van der Waals surface area contributed by atoms with E-state index in [-0.39, 0.29) is 5.95 Å². The third-order valence-corrected chi connectivity index (χ3v) is 1.19. The number of nitrogens with one attached hydrogen (secondary N) is 2. The van der Waals surface area contributed by atoms with E-state index >= 15 is 0 Å². The largest absolute Gasteiger partial charge is 0.275 e. The second kappa shape index (κ2) is 1.66. The molecule has 0 aliphatic rings. The smallest absolute Gasteiger partial charge is 0.242 e. The molecule has 0 aliphatic carbocycles. The number of H-pyrrole nitrogens is 1. The van der Waals surface area contributed by atoms with Gasteiger partial charge in [0.15, 0.2) is 0 Å². The molecule has 49 valence electrons. The number of hydrogen-bond donors (Lipinski definition) is 1. The second-order valence-electron chi connectivity index (χ2n) is 1.86. The van der Waals surface area contributed by atoms with E-state index < -0.39 is 0 Å². The fraction of sp³-hybridized carbons (Fsp3) is 0. The van der Waals surface area contributed by atoms with Crippen LogP contribution in [-0.4, -0.2) is 20.2 Å². The monoisotopic (exact) mass is 134 g/mol. The zero-order valence-electron chi connectivity index (χ0n) is 5.00. The molecule has 2 N–H and O–H groups in total. The van der Waals surface area contributed by atoms with Crippen molar-refractivity contribution in [3.63, 3.8) is 0 Å². The van der Waals surface area contributed by atoms with Crippen LogP contribution in [0.15, 0.2) is 12.4 Å². The minimum atomic E-state index is 0.0221. The molecule has 2 aromatic rings. The molecular formula is C5H4N5. The third-order valence-electron chi connectivity index (χ3n) is 1.19. The van der Waals surface area contributed by atoms with Gasteiger partial charge in [-0.05, 0) is 0 Å². The van der Waals surface area contributed by atoms with E-state index in [1.54, 1.807) is 6.20 Å². The van der Waals surface area contributed by atoms with E-state index in [0.29, 0.717) is 5.52 Å². The minimum Gasteiger partial charge on any atom is -0.275 e. The van der Waals surface area contributed by atoms with Gasteiger partial charge in [-0.1, -0.05) is 0 Å². The summed E-state index contributed by atoms with van der Waals surface area (Å²) in [5, 5.41) is 6.42. The standard InChI is InChI=1S/C5H4N5/c6-5-7-1-4-3(9-5)2-8-10-4/h1-2,6H,(H,8,10). The van der Waals surface area contributed by atoms with Crippen LogP contribution in [0.1, 0.15) is 0 Å². The minimum absolute atomic E-state index is 0.0221. The fourth-order valence-corrected chi connectivity index (χ4v) is 0.743. The fourth-order valence-electron chi connectivity index (χ4n) is 0.743. The van der Waals surface area contributed by atoms with Gasteiger partial charge >= 0.3 is 0 Å². The molecule has 0 aliphatic heterocycles. The summed E-state index contributed by atoms with van der Waals surface area (Å²) in [5.41, 5.74) is 8.49. The first-order valence-corrected chi connectivity index (χ1v) is 2.74. The van der Waals surface area contributed by atoms with Crippen LogP contribution in [0.25, 0.3) is 11.0 Å². The molecule has 2 heterocycles. The molecular weight excluding hydrogens is 130 g/mol. The van der Waals surface area contributed by atoms with Crippen LogP contribution in [0, 0.1) is 0 Å². The summed E-state index contributed by atoms with van der Waals surface area (Å²) in [5.74, 6) is 0.0221. The van der Waals surface area contributed by atoms with Gasteiger partial charge < -0.3 is 0 Å². The first kappa shape index (κ1) is 5.16. The number of rotatable bonds is 0. The maximum absolute atomic E-state index is 7.05. The van der Waals surface area contributed by atoms with Gasteiger partial charge in [-0.3, -0.25) is 10.8 Å². The van der Waals surface area contributed by atoms with E-state index in [1.807, 2.05) is 0 Å². The van der Waals surface area contributed by atoms with Gasteiger partial charge in [-0.25, -0.2) is 9.97 Å². The average Bonchev–Trinajstić information content (AvgIpc) is 2.33. The maximum Gasteiger partial charge on any atom is 0.242 e. The molecule has 1 radical (unpaired) electrons. The zero-order valence-corrected chi connectivity index (χ0v) is 5.00. The summed E-state index contributed by atoms with van der Waals surface area (Å²) in [4.78, 5) is 7.46. The molecule has 5 heteroatoms. The van der Waals surface area contributed by atoms with E-state index in [9.17, 15) is 0 Å². The van der Waals surface area contributed by atoms with Crippen LogP contribution in [-0.2, 0) is 0 Å². The molecule has 0 saturated carbocycles. The molecule has 0 unspecified atom stereocenters. The van der Waals surface area contributed by atoms with Crippen molar-refractivity contribution in [2.45, 2.75) is 0 Å². The van der Waals surface area contributed by atoms with Crippen LogP contribution in [0.2, 0.25) is 0 Å². The quantitative estimate of drug-likeness (QED) is 0.561. The van der Waals surface area contributed by atoms with Crippen molar-refractivity contribution in [2.24, 2.45) is 0 Å². The molecule has 5 nitrogen and oxygen atoms in total. The summed E-state index contributed by atoms with van der Waals surface area (Å²) in [6, 6.07) is 0. The number of nitrogens with zero attached hydrogens (tertiary/aromatic N) is 3. The SMILES string of the molecule is [NH]c1ncc2[nH]ncc2n1. The molecule has 10 heavy (non-hydrogen) atoms. The summed E-state index contributed by atoms with van der Waals surface area (Å²) in [6.07, 6.45) is 3.10. The van der Waals surface area contributed by atoms with E-state index in [2.05, 4.69) is 20.2 Å². The third kappa shape index (κ3) is 0.604. The van der Waals surface area contributed by atoms with Gasteiger partial charge in [0.05, 0.1) is 12.4 Å². The van der Waals surface area contributed by atoms with E-state index in [4.69, 9.17) is 5.73 Å². The molecule has 2 aromatic heterocycles. The predicted octanol–water partition coefficient (Wildman–Crippen LogP) is 0.267. The Kier molecular flexibility index (Phi) is 0.858. The molecule has 0 saturated heterocycles. The van der Waals surface area contributed by atoms with E-state index in [0.717, 1.165) is 5.52 Å². The molecule has 0 amide bonds. The van der Waals surface area contributed by atoms with E-state index in [1.165, 1.54) is 6.20 Å². The Morgan fingerprint density at radius 2 is 2.30 bits per heavy atom. The summed E-state index contributed by atoms with van der Waals surface area (Å²) >= 11 is 0. The van der Waals surface area contributed by atoms with Crippen molar-refractivity contribution in [1.29, 1.82) is 0 Å². The van der Waals surface area contributed by atoms with Gasteiger partial charge in [0.1, 0.15) is 11.0 Å². The van der Waals surface area contributed by atoms with Crippen LogP contribution in [0.3, 0.4) is 0 Å². The van der Waals surface area contributed by atoms with Crippen molar-refractivity contribution in [3.05, 3.63) is 12.4 Å². The van der Waals surface area contributed by atoms with Crippen molar-refractivity contribution < 1.29 is 0 Å². The van der Waals surface area contributed by atoms with Gasteiger partial charge in [-0.15, -0.1) is 0 Å². The Balaban J connectivity index is 2.86. The Morgan fingerprint density at radius 3 is 3.20 bits per heavy atom. The Labute approximate surface area is 56.3 Å². The highest BCUT2D eigenvalue weighted by atomic mass is 15.1. The van der Waals surface area contributed by atoms with Crippen molar-refractivity contribution >= 4 is 17.0 Å². The second-order valence-corrected chi connectivity index (χ2v) is 1.86. The molecule has 0 fully saturated rings. The van der Waals surface area contributed by atoms with Crippen molar-refractivity contribution in [2.75, 3.05) is 0 Å². The lowest BCUT2D eigenvalue weighted by Gasteiger charge is -1.86. The van der Waals surface area contributed by atoms with Crippen LogP contribution in [0.5, 0.6) is 0 Å². The topological polar surface area (TPSA) is 78.3 Å². The lowest BCUT2D eigenvalue weighted by molar-refractivity contribution is 1.11. The van der Waals surface area contributed by atoms with Crippen molar-refractivity contribution in [1.82, 2.24) is 25.9 Å². The lowest BCUT2D eigenvalue weighted by Crippen LogP contribution is -1.82. The number of hydrogen-bond acceptors (Lipinski definition) is 3. The lowest BCUT2D eigenvalue weighted by atomic mass is 10.5. The summed E-state index contributed by atoms with van der Waals surface area (Å²) in [6.45, 7) is 0. The highest BCUT2D eigenvalue weighted by Gasteiger charge is 1.96. The highest BCUT2D eigenvalue weighted by molar-refractivity contribution is 5.72. The number of aromatic nitrogens is 4. The van der Waals surface area contributed by atoms with Crippen LogP contribution in [0.4, 0.5) is 5.95 Å². The van der Waals surface area contributed by atoms with Crippen LogP contribution < -0.4 is 5.73 Å². The number of aromatic amines is 1. The van der Waals surface area contributed by atoms with Gasteiger partial charge in [0.2, 0.25) is 5.95 Å². The molecule has 0 atom stereocenters. The Morgan fingerprint density at radius 1 is 1.40 bits per heavy atom. The first-order valence-electron chi connectivity index (χ1n) is 2.74. The molecule has 0 bridgehead atoms. The summed E-state index contributed by atoms with van der Waals surface area (Å²) < 4.78 is 0. The van der Waals surface area contributed by atoms with Gasteiger partial charge in [0.25, 0.3) is 0 Å². The maximum atomic E-state index is 7.05. The Bertz CT molecular complexity index is 352. The van der Waals surface area contributed by atoms with Crippen LogP contribution >= 0.6 is 0 Å². The Hall–Kier alpha value is -1.65. The summed E-state index contributed by atoms with van der Waals surface area (Å²) in [7, 11) is 0. The molecule has 2 rings (SSSR count).